The Bertz CT molecular complexity index is 687. The highest BCUT2D eigenvalue weighted by Gasteiger charge is 2.20. The zero-order valence-electron chi connectivity index (χ0n) is 14.8. The first-order valence-electron chi connectivity index (χ1n) is 8.98. The smallest absolute Gasteiger partial charge is 0.223 e. The Balaban J connectivity index is 1.37. The lowest BCUT2D eigenvalue weighted by Crippen LogP contribution is -2.44. The van der Waals surface area contributed by atoms with Gasteiger partial charge in [0.1, 0.15) is 5.75 Å². The molecule has 1 amide bonds. The highest BCUT2D eigenvalue weighted by Crippen LogP contribution is 2.19. The first-order valence-corrected chi connectivity index (χ1v) is 8.98. The van der Waals surface area contributed by atoms with E-state index in [1.807, 2.05) is 30.3 Å². The van der Waals surface area contributed by atoms with E-state index in [4.69, 9.17) is 4.74 Å². The van der Waals surface area contributed by atoms with Crippen molar-refractivity contribution in [2.24, 2.45) is 0 Å². The molecule has 3 rings (SSSR count). The lowest BCUT2D eigenvalue weighted by atomic mass is 9.99. The van der Waals surface area contributed by atoms with Crippen molar-refractivity contribution in [3.8, 4) is 5.75 Å². The van der Waals surface area contributed by atoms with Gasteiger partial charge in [0.25, 0.3) is 0 Å². The standard InChI is InChI=1S/C21H26N2O2/c1-17(23-13-11-18-7-5-6-8-19(18)16-23)15-22-21(24)12-14-25-20-9-3-2-4-10-20/h2-10,17H,11-16H2,1H3,(H,22,24). The molecule has 0 saturated carbocycles. The predicted octanol–water partition coefficient (Wildman–Crippen LogP) is 3.02. The molecule has 0 aromatic heterocycles. The van der Waals surface area contributed by atoms with E-state index in [2.05, 4.69) is 41.4 Å². The lowest BCUT2D eigenvalue weighted by molar-refractivity contribution is -0.121. The quantitative estimate of drug-likeness (QED) is 0.844. The second-order valence-electron chi connectivity index (χ2n) is 6.55. The Hall–Kier alpha value is -2.33. The summed E-state index contributed by atoms with van der Waals surface area (Å²) in [4.78, 5) is 14.4. The molecule has 1 atom stereocenters. The monoisotopic (exact) mass is 338 g/mol. The van der Waals surface area contributed by atoms with Crippen LogP contribution in [0.2, 0.25) is 0 Å². The van der Waals surface area contributed by atoms with Gasteiger partial charge in [0, 0.05) is 25.7 Å². The van der Waals surface area contributed by atoms with E-state index < -0.39 is 0 Å². The van der Waals surface area contributed by atoms with E-state index in [0.29, 0.717) is 25.6 Å². The Labute approximate surface area is 149 Å². The first kappa shape index (κ1) is 17.5. The molecule has 2 aromatic rings. The van der Waals surface area contributed by atoms with Crippen LogP contribution in [0.3, 0.4) is 0 Å². The van der Waals surface area contributed by atoms with Gasteiger partial charge in [0.15, 0.2) is 0 Å². The van der Waals surface area contributed by atoms with E-state index in [9.17, 15) is 4.79 Å². The second-order valence-corrected chi connectivity index (χ2v) is 6.55. The van der Waals surface area contributed by atoms with E-state index in [-0.39, 0.29) is 5.91 Å². The molecule has 1 aliphatic heterocycles. The number of hydrogen-bond donors (Lipinski definition) is 1. The van der Waals surface area contributed by atoms with Crippen LogP contribution in [0.4, 0.5) is 0 Å². The number of hydrogen-bond acceptors (Lipinski definition) is 3. The van der Waals surface area contributed by atoms with Gasteiger partial charge in [-0.25, -0.2) is 0 Å². The maximum Gasteiger partial charge on any atom is 0.223 e. The third kappa shape index (κ3) is 5.07. The number of ether oxygens (including phenoxy) is 1. The van der Waals surface area contributed by atoms with Gasteiger partial charge in [-0.3, -0.25) is 9.69 Å². The number of carbonyl (C=O) groups is 1. The summed E-state index contributed by atoms with van der Waals surface area (Å²) < 4.78 is 5.57. The molecule has 25 heavy (non-hydrogen) atoms. The largest absolute Gasteiger partial charge is 0.493 e. The Morgan fingerprint density at radius 1 is 1.12 bits per heavy atom. The molecule has 0 bridgehead atoms. The zero-order valence-corrected chi connectivity index (χ0v) is 14.8. The summed E-state index contributed by atoms with van der Waals surface area (Å²) in [5.74, 6) is 0.843. The lowest BCUT2D eigenvalue weighted by Gasteiger charge is -2.33. The van der Waals surface area contributed by atoms with Crippen LogP contribution in [0, 0.1) is 0 Å². The van der Waals surface area contributed by atoms with Crippen LogP contribution in [-0.4, -0.2) is 36.5 Å². The molecule has 0 fully saturated rings. The first-order chi connectivity index (χ1) is 12.2. The number of nitrogens with one attached hydrogen (secondary N) is 1. The Morgan fingerprint density at radius 3 is 2.64 bits per heavy atom. The van der Waals surface area contributed by atoms with E-state index >= 15 is 0 Å². The van der Waals surface area contributed by atoms with Crippen LogP contribution < -0.4 is 10.1 Å². The SMILES string of the molecule is CC(CNC(=O)CCOc1ccccc1)N1CCc2ccccc2C1. The van der Waals surface area contributed by atoms with Crippen molar-refractivity contribution in [1.29, 1.82) is 0 Å². The minimum atomic E-state index is 0.0418. The Morgan fingerprint density at radius 2 is 1.84 bits per heavy atom. The number of nitrogens with zero attached hydrogens (tertiary/aromatic N) is 1. The molecular formula is C21H26N2O2. The van der Waals surface area contributed by atoms with Crippen molar-refractivity contribution in [2.75, 3.05) is 19.7 Å². The number of benzene rings is 2. The summed E-state index contributed by atoms with van der Waals surface area (Å²) in [5.41, 5.74) is 2.86. The maximum atomic E-state index is 12.0. The molecule has 1 heterocycles. The Kier molecular flexibility index (Phi) is 6.07. The summed E-state index contributed by atoms with van der Waals surface area (Å²) in [5, 5.41) is 3.03. The van der Waals surface area contributed by atoms with E-state index in [1.54, 1.807) is 0 Å². The van der Waals surface area contributed by atoms with Gasteiger partial charge in [-0.05, 0) is 36.6 Å². The number of rotatable bonds is 7. The minimum Gasteiger partial charge on any atom is -0.493 e. The number of para-hydroxylation sites is 1. The molecule has 0 radical (unpaired) electrons. The highest BCUT2D eigenvalue weighted by atomic mass is 16.5. The molecule has 4 heteroatoms. The molecule has 4 nitrogen and oxygen atoms in total. The van der Waals surface area contributed by atoms with Crippen LogP contribution in [-0.2, 0) is 17.8 Å². The summed E-state index contributed by atoms with van der Waals surface area (Å²) in [6.45, 7) is 5.26. The molecule has 1 N–H and O–H groups in total. The number of carbonyl (C=O) groups excluding carboxylic acids is 1. The third-order valence-electron chi connectivity index (χ3n) is 4.72. The average Bonchev–Trinajstić information content (AvgIpc) is 2.66. The van der Waals surface area contributed by atoms with Crippen molar-refractivity contribution < 1.29 is 9.53 Å². The summed E-state index contributed by atoms with van der Waals surface area (Å²) >= 11 is 0. The number of amides is 1. The molecule has 1 unspecified atom stereocenters. The molecule has 0 saturated heterocycles. The van der Waals surface area contributed by atoms with Crippen LogP contribution in [0.5, 0.6) is 5.75 Å². The fraction of sp³-hybridized carbons (Fsp3) is 0.381. The van der Waals surface area contributed by atoms with E-state index in [1.165, 1.54) is 11.1 Å². The van der Waals surface area contributed by atoms with Crippen molar-refractivity contribution >= 4 is 5.91 Å². The van der Waals surface area contributed by atoms with Gasteiger partial charge in [-0.15, -0.1) is 0 Å². The molecule has 0 aliphatic carbocycles. The van der Waals surface area contributed by atoms with Crippen LogP contribution in [0.25, 0.3) is 0 Å². The number of fused-ring (bicyclic) bond motifs is 1. The van der Waals surface area contributed by atoms with Crippen molar-refractivity contribution in [3.05, 3.63) is 65.7 Å². The van der Waals surface area contributed by atoms with Crippen molar-refractivity contribution in [2.45, 2.75) is 32.4 Å². The highest BCUT2D eigenvalue weighted by molar-refractivity contribution is 5.76. The van der Waals surface area contributed by atoms with Crippen LogP contribution in [0.1, 0.15) is 24.5 Å². The molecule has 1 aliphatic rings. The summed E-state index contributed by atoms with van der Waals surface area (Å²) in [6, 6.07) is 18.5. The molecule has 132 valence electrons. The molecule has 2 aromatic carbocycles. The van der Waals surface area contributed by atoms with Gasteiger partial charge in [-0.1, -0.05) is 42.5 Å². The van der Waals surface area contributed by atoms with Gasteiger partial charge in [-0.2, -0.15) is 0 Å². The van der Waals surface area contributed by atoms with Crippen LogP contribution in [0.15, 0.2) is 54.6 Å². The van der Waals surface area contributed by atoms with Crippen molar-refractivity contribution in [1.82, 2.24) is 10.2 Å². The fourth-order valence-corrected chi connectivity index (χ4v) is 3.15. The summed E-state index contributed by atoms with van der Waals surface area (Å²) in [6.07, 6.45) is 1.46. The van der Waals surface area contributed by atoms with Gasteiger partial charge in [0.2, 0.25) is 5.91 Å². The molecule has 0 spiro atoms. The average molecular weight is 338 g/mol. The minimum absolute atomic E-state index is 0.0418. The summed E-state index contributed by atoms with van der Waals surface area (Å²) in [7, 11) is 0. The zero-order chi connectivity index (χ0) is 17.5. The maximum absolute atomic E-state index is 12.0. The van der Waals surface area contributed by atoms with Gasteiger partial charge in [0.05, 0.1) is 13.0 Å². The third-order valence-corrected chi connectivity index (χ3v) is 4.72. The molecular weight excluding hydrogens is 312 g/mol. The predicted molar refractivity (Wildman–Crippen MR) is 99.6 cm³/mol. The van der Waals surface area contributed by atoms with Gasteiger partial charge >= 0.3 is 0 Å². The second kappa shape index (κ2) is 8.67. The van der Waals surface area contributed by atoms with Crippen molar-refractivity contribution in [3.63, 3.8) is 0 Å². The normalized spacial score (nSPS) is 15.2. The fourth-order valence-electron chi connectivity index (χ4n) is 3.15. The topological polar surface area (TPSA) is 41.6 Å². The van der Waals surface area contributed by atoms with E-state index in [0.717, 1.165) is 25.3 Å². The van der Waals surface area contributed by atoms with Gasteiger partial charge < -0.3 is 10.1 Å². The van der Waals surface area contributed by atoms with Crippen LogP contribution >= 0.6 is 0 Å².